The van der Waals surface area contributed by atoms with Crippen LogP contribution in [0.3, 0.4) is 0 Å². The molecule has 1 aliphatic rings. The smallest absolute Gasteiger partial charge is 0.407 e. The van der Waals surface area contributed by atoms with E-state index >= 15 is 0 Å². The lowest BCUT2D eigenvalue weighted by atomic mass is 10.1. The summed E-state index contributed by atoms with van der Waals surface area (Å²) in [7, 11) is 0. The second kappa shape index (κ2) is 7.94. The van der Waals surface area contributed by atoms with Gasteiger partial charge in [-0.3, -0.25) is 0 Å². The van der Waals surface area contributed by atoms with Gasteiger partial charge in [-0.1, -0.05) is 18.2 Å². The van der Waals surface area contributed by atoms with Crippen LogP contribution in [-0.4, -0.2) is 28.8 Å². The highest BCUT2D eigenvalue weighted by Crippen LogP contribution is 2.25. The summed E-state index contributed by atoms with van der Waals surface area (Å²) in [4.78, 5) is 16.3. The van der Waals surface area contributed by atoms with Gasteiger partial charge < -0.3 is 15.4 Å². The number of halogens is 1. The highest BCUT2D eigenvalue weighted by molar-refractivity contribution is 5.68. The number of nitrogens with zero attached hydrogens (tertiary/aromatic N) is 1. The fourth-order valence-corrected chi connectivity index (χ4v) is 3.26. The van der Waals surface area contributed by atoms with Crippen LogP contribution in [0.2, 0.25) is 0 Å². The zero-order valence-electron chi connectivity index (χ0n) is 16.0. The highest BCUT2D eigenvalue weighted by Gasteiger charge is 2.27. The van der Waals surface area contributed by atoms with Gasteiger partial charge in [-0.15, -0.1) is 0 Å². The lowest BCUT2D eigenvalue weighted by Gasteiger charge is -2.22. The van der Waals surface area contributed by atoms with E-state index in [-0.39, 0.29) is 24.0 Å². The van der Waals surface area contributed by atoms with Gasteiger partial charge in [0.15, 0.2) is 0 Å². The molecule has 0 aliphatic heterocycles. The predicted molar refractivity (Wildman–Crippen MR) is 104 cm³/mol. The number of benzene rings is 1. The van der Waals surface area contributed by atoms with E-state index in [4.69, 9.17) is 4.74 Å². The normalized spacial score (nSPS) is 19.6. The molecule has 144 valence electrons. The maximum absolute atomic E-state index is 13.9. The Kier molecular flexibility index (Phi) is 5.63. The zero-order valence-corrected chi connectivity index (χ0v) is 16.0. The summed E-state index contributed by atoms with van der Waals surface area (Å²) in [6.07, 6.45) is 3.95. The largest absolute Gasteiger partial charge is 0.444 e. The molecule has 2 N–H and O–H groups in total. The third-order valence-corrected chi connectivity index (χ3v) is 4.45. The van der Waals surface area contributed by atoms with Crippen LogP contribution in [0.4, 0.5) is 15.0 Å². The average Bonchev–Trinajstić information content (AvgIpc) is 3.01. The fourth-order valence-electron chi connectivity index (χ4n) is 3.26. The first-order chi connectivity index (χ1) is 12.8. The van der Waals surface area contributed by atoms with Crippen molar-refractivity contribution in [3.05, 3.63) is 48.4 Å². The number of aromatic nitrogens is 1. The Morgan fingerprint density at radius 2 is 1.89 bits per heavy atom. The lowest BCUT2D eigenvalue weighted by molar-refractivity contribution is 0.0505. The number of nitrogens with one attached hydrogen (secondary N) is 2. The third-order valence-electron chi connectivity index (χ3n) is 4.45. The van der Waals surface area contributed by atoms with Crippen LogP contribution in [-0.2, 0) is 4.74 Å². The van der Waals surface area contributed by atoms with E-state index in [9.17, 15) is 9.18 Å². The first-order valence-electron chi connectivity index (χ1n) is 9.27. The highest BCUT2D eigenvalue weighted by atomic mass is 19.1. The molecule has 27 heavy (non-hydrogen) atoms. The van der Waals surface area contributed by atoms with E-state index in [0.29, 0.717) is 5.56 Å². The van der Waals surface area contributed by atoms with Crippen molar-refractivity contribution in [1.29, 1.82) is 0 Å². The van der Waals surface area contributed by atoms with Crippen molar-refractivity contribution >= 4 is 11.9 Å². The van der Waals surface area contributed by atoms with Crippen molar-refractivity contribution in [2.75, 3.05) is 5.32 Å². The van der Waals surface area contributed by atoms with Gasteiger partial charge in [0.05, 0.1) is 0 Å². The Morgan fingerprint density at radius 1 is 1.15 bits per heavy atom. The van der Waals surface area contributed by atoms with Gasteiger partial charge in [0.2, 0.25) is 0 Å². The minimum atomic E-state index is -0.496. The maximum Gasteiger partial charge on any atom is 0.407 e. The molecule has 1 saturated carbocycles. The number of rotatable bonds is 4. The molecule has 0 spiro atoms. The Morgan fingerprint density at radius 3 is 2.56 bits per heavy atom. The van der Waals surface area contributed by atoms with Gasteiger partial charge in [-0.25, -0.2) is 14.2 Å². The number of hydrogen-bond donors (Lipinski definition) is 2. The minimum absolute atomic E-state index is 0.0926. The molecular formula is C21H26FN3O2. The fraction of sp³-hybridized carbons (Fsp3) is 0.429. The van der Waals surface area contributed by atoms with Gasteiger partial charge in [0.25, 0.3) is 0 Å². The Hall–Kier alpha value is -2.63. The summed E-state index contributed by atoms with van der Waals surface area (Å²) in [6.45, 7) is 5.55. The minimum Gasteiger partial charge on any atom is -0.444 e. The number of amides is 1. The van der Waals surface area contributed by atoms with Gasteiger partial charge in [-0.05, 0) is 58.2 Å². The first-order valence-corrected chi connectivity index (χ1v) is 9.27. The number of carbonyl (C=O) groups is 1. The second-order valence-corrected chi connectivity index (χ2v) is 7.91. The number of carbonyl (C=O) groups excluding carboxylic acids is 1. The molecule has 1 aromatic carbocycles. The quantitative estimate of drug-likeness (QED) is 0.814. The number of hydrogen-bond acceptors (Lipinski definition) is 4. The number of pyridine rings is 1. The van der Waals surface area contributed by atoms with Gasteiger partial charge >= 0.3 is 6.09 Å². The molecule has 1 amide bonds. The Balaban J connectivity index is 1.53. The summed E-state index contributed by atoms with van der Waals surface area (Å²) < 4.78 is 19.2. The SMILES string of the molecule is CC(C)(C)OC(=O)N[C@H]1CC[C@H](Nc2ccc(-c3ccccc3F)cn2)C1. The van der Waals surface area contributed by atoms with Crippen molar-refractivity contribution in [2.24, 2.45) is 0 Å². The van der Waals surface area contributed by atoms with E-state index in [1.165, 1.54) is 6.07 Å². The first kappa shape index (κ1) is 19.1. The van der Waals surface area contributed by atoms with Crippen molar-refractivity contribution in [2.45, 2.75) is 57.7 Å². The Bertz CT molecular complexity index is 787. The summed E-state index contributed by atoms with van der Waals surface area (Å²) in [5.74, 6) is 0.491. The third kappa shape index (κ3) is 5.42. The summed E-state index contributed by atoms with van der Waals surface area (Å²) in [5, 5.41) is 6.31. The molecule has 1 heterocycles. The monoisotopic (exact) mass is 371 g/mol. The van der Waals surface area contributed by atoms with Crippen LogP contribution < -0.4 is 10.6 Å². The second-order valence-electron chi connectivity index (χ2n) is 7.91. The van der Waals surface area contributed by atoms with Crippen LogP contribution >= 0.6 is 0 Å². The predicted octanol–water partition coefficient (Wildman–Crippen LogP) is 4.75. The van der Waals surface area contributed by atoms with E-state index in [2.05, 4.69) is 15.6 Å². The van der Waals surface area contributed by atoms with E-state index in [0.717, 1.165) is 30.6 Å². The molecule has 5 nitrogen and oxygen atoms in total. The van der Waals surface area contributed by atoms with Gasteiger partial charge in [-0.2, -0.15) is 0 Å². The van der Waals surface area contributed by atoms with Gasteiger partial charge in [0, 0.05) is 29.4 Å². The maximum atomic E-state index is 13.9. The number of alkyl carbamates (subject to hydrolysis) is 1. The molecule has 0 unspecified atom stereocenters. The molecule has 1 aliphatic carbocycles. The summed E-state index contributed by atoms with van der Waals surface area (Å²) in [5.41, 5.74) is 0.790. The molecule has 0 bridgehead atoms. The van der Waals surface area contributed by atoms with Crippen LogP contribution in [0.5, 0.6) is 0 Å². The molecule has 2 aromatic rings. The molecular weight excluding hydrogens is 345 g/mol. The van der Waals surface area contributed by atoms with Crippen molar-refractivity contribution in [1.82, 2.24) is 10.3 Å². The molecule has 6 heteroatoms. The molecule has 1 aromatic heterocycles. The van der Waals surface area contributed by atoms with E-state index < -0.39 is 5.60 Å². The van der Waals surface area contributed by atoms with E-state index in [1.54, 1.807) is 24.4 Å². The molecule has 1 fully saturated rings. The van der Waals surface area contributed by atoms with Crippen LogP contribution in [0.15, 0.2) is 42.6 Å². The average molecular weight is 371 g/mol. The molecule has 0 saturated heterocycles. The number of anilines is 1. The molecule has 3 rings (SSSR count). The lowest BCUT2D eigenvalue weighted by Crippen LogP contribution is -2.38. The standard InChI is InChI=1S/C21H26FN3O2/c1-21(2,3)27-20(26)25-16-10-9-15(12-16)24-19-11-8-14(13-23-19)17-6-4-5-7-18(17)22/h4-8,11,13,15-16H,9-10,12H2,1-3H3,(H,23,24)(H,25,26)/t15-,16-/m0/s1. The topological polar surface area (TPSA) is 63.2 Å². The molecule has 0 radical (unpaired) electrons. The van der Waals surface area contributed by atoms with Crippen molar-refractivity contribution < 1.29 is 13.9 Å². The van der Waals surface area contributed by atoms with Crippen LogP contribution in [0, 0.1) is 5.82 Å². The van der Waals surface area contributed by atoms with Crippen molar-refractivity contribution in [3.63, 3.8) is 0 Å². The summed E-state index contributed by atoms with van der Waals surface area (Å²) in [6, 6.07) is 10.7. The van der Waals surface area contributed by atoms with Crippen molar-refractivity contribution in [3.8, 4) is 11.1 Å². The van der Waals surface area contributed by atoms with Gasteiger partial charge in [0.1, 0.15) is 17.2 Å². The molecule has 2 atom stereocenters. The summed E-state index contributed by atoms with van der Waals surface area (Å²) >= 11 is 0. The number of ether oxygens (including phenoxy) is 1. The van der Waals surface area contributed by atoms with Crippen LogP contribution in [0.1, 0.15) is 40.0 Å². The van der Waals surface area contributed by atoms with Crippen LogP contribution in [0.25, 0.3) is 11.1 Å². The zero-order chi connectivity index (χ0) is 19.4. The van der Waals surface area contributed by atoms with E-state index in [1.807, 2.05) is 32.9 Å². The Labute approximate surface area is 159 Å².